The zero-order valence-electron chi connectivity index (χ0n) is 10.7. The average Bonchev–Trinajstić information content (AvgIpc) is 3.03. The van der Waals surface area contributed by atoms with Crippen molar-refractivity contribution in [3.8, 4) is 11.5 Å². The lowest BCUT2D eigenvalue weighted by molar-refractivity contribution is -0.120. The number of aromatic nitrogens is 2. The van der Waals surface area contributed by atoms with Crippen molar-refractivity contribution in [1.82, 2.24) is 15.5 Å². The molecular formula is C13H14N4O3. The Kier molecular flexibility index (Phi) is 3.71. The number of benzene rings is 1. The van der Waals surface area contributed by atoms with Crippen LogP contribution < -0.4 is 10.6 Å². The van der Waals surface area contributed by atoms with Crippen LogP contribution in [-0.4, -0.2) is 41.9 Å². The predicted molar refractivity (Wildman–Crippen MR) is 71.0 cm³/mol. The summed E-state index contributed by atoms with van der Waals surface area (Å²) in [6.07, 6.45) is 1.27. The number of nitrogens with one attached hydrogen (secondary N) is 2. The smallest absolute Gasteiger partial charge is 0.247 e. The van der Waals surface area contributed by atoms with Gasteiger partial charge in [-0.1, -0.05) is 6.07 Å². The molecule has 1 amide bonds. The molecule has 1 aliphatic heterocycles. The van der Waals surface area contributed by atoms with E-state index in [0.29, 0.717) is 31.3 Å². The molecule has 7 nitrogen and oxygen atoms in total. The molecule has 1 aliphatic rings. The number of hydrogen-bond donors (Lipinski definition) is 2. The third-order valence-corrected chi connectivity index (χ3v) is 2.98. The first-order valence-corrected chi connectivity index (χ1v) is 6.31. The Hall–Kier alpha value is -2.25. The van der Waals surface area contributed by atoms with E-state index < -0.39 is 0 Å². The van der Waals surface area contributed by atoms with Gasteiger partial charge in [0.25, 0.3) is 0 Å². The molecule has 0 saturated carbocycles. The van der Waals surface area contributed by atoms with E-state index in [1.807, 2.05) is 12.1 Å². The lowest BCUT2D eigenvalue weighted by atomic mass is 10.2. The van der Waals surface area contributed by atoms with E-state index in [4.69, 9.17) is 9.15 Å². The minimum atomic E-state index is -0.323. The Morgan fingerprint density at radius 3 is 3.15 bits per heavy atom. The van der Waals surface area contributed by atoms with E-state index in [1.165, 1.54) is 6.39 Å². The van der Waals surface area contributed by atoms with E-state index in [9.17, 15) is 4.79 Å². The minimum Gasteiger partial charge on any atom is -0.423 e. The highest BCUT2D eigenvalue weighted by atomic mass is 16.5. The lowest BCUT2D eigenvalue weighted by Crippen LogP contribution is -2.48. The number of rotatable bonds is 3. The van der Waals surface area contributed by atoms with Gasteiger partial charge in [0, 0.05) is 17.8 Å². The van der Waals surface area contributed by atoms with Gasteiger partial charge in [-0.2, -0.15) is 0 Å². The van der Waals surface area contributed by atoms with Gasteiger partial charge in [-0.3, -0.25) is 4.79 Å². The number of morpholine rings is 1. The molecule has 0 radical (unpaired) electrons. The quantitative estimate of drug-likeness (QED) is 0.854. The van der Waals surface area contributed by atoms with Crippen molar-refractivity contribution < 1.29 is 13.9 Å². The maximum Gasteiger partial charge on any atom is 0.247 e. The van der Waals surface area contributed by atoms with Crippen molar-refractivity contribution in [2.75, 3.05) is 25.1 Å². The van der Waals surface area contributed by atoms with Crippen molar-refractivity contribution in [2.24, 2.45) is 0 Å². The molecule has 0 bridgehead atoms. The summed E-state index contributed by atoms with van der Waals surface area (Å²) in [6, 6.07) is 6.93. The monoisotopic (exact) mass is 274 g/mol. The Bertz CT molecular complexity index is 579. The number of anilines is 1. The summed E-state index contributed by atoms with van der Waals surface area (Å²) in [4.78, 5) is 12.1. The summed E-state index contributed by atoms with van der Waals surface area (Å²) in [5.74, 6) is 0.299. The first-order valence-electron chi connectivity index (χ1n) is 6.31. The van der Waals surface area contributed by atoms with E-state index in [2.05, 4.69) is 20.8 Å². The van der Waals surface area contributed by atoms with Crippen molar-refractivity contribution in [3.05, 3.63) is 30.7 Å². The van der Waals surface area contributed by atoms with Crippen molar-refractivity contribution >= 4 is 11.6 Å². The summed E-state index contributed by atoms with van der Waals surface area (Å²) in [5, 5.41) is 13.4. The van der Waals surface area contributed by atoms with E-state index >= 15 is 0 Å². The SMILES string of the molecule is O=C(Nc1cccc(-c2nnco2)c1)C1COCCN1. The fourth-order valence-electron chi connectivity index (χ4n) is 1.99. The number of carbonyl (C=O) groups is 1. The Morgan fingerprint density at radius 1 is 1.45 bits per heavy atom. The molecule has 0 aliphatic carbocycles. The molecule has 20 heavy (non-hydrogen) atoms. The number of hydrogen-bond acceptors (Lipinski definition) is 6. The average molecular weight is 274 g/mol. The van der Waals surface area contributed by atoms with Gasteiger partial charge < -0.3 is 19.8 Å². The number of carbonyl (C=O) groups excluding carboxylic acids is 1. The van der Waals surface area contributed by atoms with E-state index in [-0.39, 0.29) is 11.9 Å². The Labute approximate surface area is 115 Å². The van der Waals surface area contributed by atoms with Gasteiger partial charge in [0.1, 0.15) is 6.04 Å². The molecule has 3 rings (SSSR count). The Balaban J connectivity index is 1.71. The molecule has 0 spiro atoms. The van der Waals surface area contributed by atoms with Crippen molar-refractivity contribution in [1.29, 1.82) is 0 Å². The zero-order valence-corrected chi connectivity index (χ0v) is 10.7. The number of nitrogens with zero attached hydrogens (tertiary/aromatic N) is 2. The molecule has 1 saturated heterocycles. The van der Waals surface area contributed by atoms with E-state index in [0.717, 1.165) is 5.56 Å². The van der Waals surface area contributed by atoms with Crippen LogP contribution in [0.4, 0.5) is 5.69 Å². The van der Waals surface area contributed by atoms with Crippen LogP contribution in [0.3, 0.4) is 0 Å². The largest absolute Gasteiger partial charge is 0.423 e. The van der Waals surface area contributed by atoms with Crippen LogP contribution in [0.5, 0.6) is 0 Å². The zero-order chi connectivity index (χ0) is 13.8. The summed E-state index contributed by atoms with van der Waals surface area (Å²) in [6.45, 7) is 1.70. The number of amides is 1. The van der Waals surface area contributed by atoms with Gasteiger partial charge in [-0.25, -0.2) is 0 Å². The third-order valence-electron chi connectivity index (χ3n) is 2.98. The predicted octanol–water partition coefficient (Wildman–Crippen LogP) is 0.663. The van der Waals surface area contributed by atoms with Gasteiger partial charge in [-0.05, 0) is 18.2 Å². The summed E-state index contributed by atoms with van der Waals surface area (Å²) in [7, 11) is 0. The van der Waals surface area contributed by atoms with Crippen LogP contribution in [0.15, 0.2) is 35.1 Å². The summed E-state index contributed by atoms with van der Waals surface area (Å²) in [5.41, 5.74) is 1.44. The number of ether oxygens (including phenoxy) is 1. The standard InChI is InChI=1S/C13H14N4O3/c18-12(11-7-19-5-4-14-11)16-10-3-1-2-9(6-10)13-17-15-8-20-13/h1-3,6,8,11,14H,4-5,7H2,(H,16,18). The highest BCUT2D eigenvalue weighted by molar-refractivity contribution is 5.95. The minimum absolute atomic E-state index is 0.118. The third kappa shape index (κ3) is 2.84. The van der Waals surface area contributed by atoms with Gasteiger partial charge in [0.05, 0.1) is 13.2 Å². The van der Waals surface area contributed by atoms with Crippen LogP contribution in [-0.2, 0) is 9.53 Å². The fraction of sp³-hybridized carbons (Fsp3) is 0.308. The first kappa shape index (κ1) is 12.8. The van der Waals surface area contributed by atoms with E-state index in [1.54, 1.807) is 12.1 Å². The second-order valence-electron chi connectivity index (χ2n) is 4.40. The van der Waals surface area contributed by atoms with Crippen LogP contribution in [0, 0.1) is 0 Å². The van der Waals surface area contributed by atoms with Crippen LogP contribution in [0.2, 0.25) is 0 Å². The second-order valence-corrected chi connectivity index (χ2v) is 4.40. The molecule has 7 heteroatoms. The maximum atomic E-state index is 12.1. The van der Waals surface area contributed by atoms with Crippen LogP contribution >= 0.6 is 0 Å². The van der Waals surface area contributed by atoms with Gasteiger partial charge in [0.2, 0.25) is 18.2 Å². The van der Waals surface area contributed by atoms with Gasteiger partial charge in [-0.15, -0.1) is 10.2 Å². The van der Waals surface area contributed by atoms with Crippen molar-refractivity contribution in [3.63, 3.8) is 0 Å². The van der Waals surface area contributed by atoms with Gasteiger partial charge >= 0.3 is 0 Å². The van der Waals surface area contributed by atoms with Gasteiger partial charge in [0.15, 0.2) is 0 Å². The first-order chi connectivity index (χ1) is 9.83. The lowest BCUT2D eigenvalue weighted by Gasteiger charge is -2.22. The molecule has 1 atom stereocenters. The molecule has 104 valence electrons. The van der Waals surface area contributed by atoms with Crippen molar-refractivity contribution in [2.45, 2.75) is 6.04 Å². The topological polar surface area (TPSA) is 89.3 Å². The molecule has 1 fully saturated rings. The summed E-state index contributed by atoms with van der Waals surface area (Å²) >= 11 is 0. The molecule has 1 aromatic carbocycles. The maximum absolute atomic E-state index is 12.1. The van der Waals surface area contributed by atoms with Crippen LogP contribution in [0.1, 0.15) is 0 Å². The molecule has 1 aromatic heterocycles. The normalized spacial score (nSPS) is 18.7. The highest BCUT2D eigenvalue weighted by Crippen LogP contribution is 2.20. The summed E-state index contributed by atoms with van der Waals surface area (Å²) < 4.78 is 10.4. The Morgan fingerprint density at radius 2 is 2.40 bits per heavy atom. The molecular weight excluding hydrogens is 260 g/mol. The molecule has 2 aromatic rings. The fourth-order valence-corrected chi connectivity index (χ4v) is 1.99. The second kappa shape index (κ2) is 5.81. The molecule has 1 unspecified atom stereocenters. The van der Waals surface area contributed by atoms with Crippen LogP contribution in [0.25, 0.3) is 11.5 Å². The molecule has 2 heterocycles. The molecule has 2 N–H and O–H groups in total. The highest BCUT2D eigenvalue weighted by Gasteiger charge is 2.21.